The number of hydrogen-bond acceptors (Lipinski definition) is 4. The van der Waals surface area contributed by atoms with Crippen molar-refractivity contribution in [1.29, 1.82) is 0 Å². The van der Waals surface area contributed by atoms with E-state index < -0.39 is 20.8 Å². The molecule has 0 aliphatic carbocycles. The van der Waals surface area contributed by atoms with Crippen molar-refractivity contribution in [2.24, 2.45) is 0 Å². The van der Waals surface area contributed by atoms with Crippen LogP contribution in [0.25, 0.3) is 0 Å². The first-order valence-electron chi connectivity index (χ1n) is 10.5. The third kappa shape index (κ3) is 9.81. The van der Waals surface area contributed by atoms with E-state index in [1.54, 1.807) is 24.3 Å². The minimum Gasteiger partial charge on any atom is -0.872 e. The van der Waals surface area contributed by atoms with Gasteiger partial charge in [-0.25, -0.2) is 0 Å². The quantitative estimate of drug-likeness (QED) is 0.283. The zero-order chi connectivity index (χ0) is 21.1. The SMILES string of the molecule is CCCCCCCCCCCc1cc([O-])cc(S(=O)(=O)O)c1Oc1ccccc1.[K+]. The summed E-state index contributed by atoms with van der Waals surface area (Å²) in [5.74, 6) is 0.0335. The van der Waals surface area contributed by atoms with Gasteiger partial charge in [0.25, 0.3) is 10.1 Å². The fourth-order valence-corrected chi connectivity index (χ4v) is 4.03. The first-order valence-corrected chi connectivity index (χ1v) is 11.9. The van der Waals surface area contributed by atoms with Crippen molar-refractivity contribution < 1.29 is 74.2 Å². The number of aryl methyl sites for hydroxylation is 1. The Morgan fingerprint density at radius 3 is 2.03 bits per heavy atom. The van der Waals surface area contributed by atoms with Gasteiger partial charge in [-0.15, -0.1) is 5.75 Å². The summed E-state index contributed by atoms with van der Waals surface area (Å²) in [5, 5.41) is 12.0. The molecule has 30 heavy (non-hydrogen) atoms. The summed E-state index contributed by atoms with van der Waals surface area (Å²) in [4.78, 5) is -0.472. The maximum atomic E-state index is 12.0. The van der Waals surface area contributed by atoms with Crippen LogP contribution in [0.2, 0.25) is 0 Å². The number of hydrogen-bond donors (Lipinski definition) is 1. The summed E-state index contributed by atoms with van der Waals surface area (Å²) < 4.78 is 39.0. The van der Waals surface area contributed by atoms with Gasteiger partial charge in [0.2, 0.25) is 0 Å². The molecule has 2 rings (SSSR count). The Morgan fingerprint density at radius 2 is 1.47 bits per heavy atom. The van der Waals surface area contributed by atoms with Crippen LogP contribution in [-0.2, 0) is 16.5 Å². The Labute approximate surface area is 223 Å². The minimum absolute atomic E-state index is 0. The van der Waals surface area contributed by atoms with E-state index >= 15 is 0 Å². The molecule has 1 N–H and O–H groups in total. The first-order chi connectivity index (χ1) is 13.9. The number of ether oxygens (including phenoxy) is 1. The second-order valence-corrected chi connectivity index (χ2v) is 8.77. The zero-order valence-electron chi connectivity index (χ0n) is 18.1. The number of para-hydroxylation sites is 1. The maximum Gasteiger partial charge on any atom is 1.00 e. The van der Waals surface area contributed by atoms with E-state index in [0.29, 0.717) is 17.7 Å². The van der Waals surface area contributed by atoms with E-state index in [9.17, 15) is 18.1 Å². The Morgan fingerprint density at radius 1 is 0.900 bits per heavy atom. The monoisotopic (exact) mass is 458 g/mol. The molecule has 0 aliphatic heterocycles. The van der Waals surface area contributed by atoms with Crippen LogP contribution in [0.1, 0.15) is 70.3 Å². The van der Waals surface area contributed by atoms with Gasteiger partial charge in [0.1, 0.15) is 10.6 Å². The molecule has 2 aromatic carbocycles. The van der Waals surface area contributed by atoms with Crippen molar-refractivity contribution in [3.63, 3.8) is 0 Å². The van der Waals surface area contributed by atoms with Gasteiger partial charge in [0, 0.05) is 0 Å². The van der Waals surface area contributed by atoms with Crippen LogP contribution in [0.5, 0.6) is 17.2 Å². The van der Waals surface area contributed by atoms with Crippen molar-refractivity contribution in [3.8, 4) is 17.2 Å². The van der Waals surface area contributed by atoms with Crippen molar-refractivity contribution in [2.75, 3.05) is 0 Å². The molecular weight excluding hydrogens is 427 g/mol. The van der Waals surface area contributed by atoms with Crippen molar-refractivity contribution in [3.05, 3.63) is 48.0 Å². The molecule has 0 saturated carbocycles. The Bertz CT molecular complexity index is 853. The Balaban J connectivity index is 0.00000450. The van der Waals surface area contributed by atoms with E-state index in [1.807, 2.05) is 6.07 Å². The Kier molecular flexibility index (Phi) is 13.5. The largest absolute Gasteiger partial charge is 1.00 e. The molecule has 7 heteroatoms. The second kappa shape index (κ2) is 14.6. The van der Waals surface area contributed by atoms with Crippen LogP contribution in [0.3, 0.4) is 0 Å². The molecule has 0 aliphatic rings. The molecule has 5 nitrogen and oxygen atoms in total. The summed E-state index contributed by atoms with van der Waals surface area (Å²) in [5.41, 5.74) is 0.511. The molecule has 0 fully saturated rings. The molecule has 0 heterocycles. The topological polar surface area (TPSA) is 86.7 Å². The van der Waals surface area contributed by atoms with Gasteiger partial charge in [-0.05, 0) is 36.6 Å². The van der Waals surface area contributed by atoms with E-state index in [2.05, 4.69) is 6.92 Å². The minimum atomic E-state index is -4.57. The molecule has 0 bridgehead atoms. The van der Waals surface area contributed by atoms with Crippen molar-refractivity contribution in [1.82, 2.24) is 0 Å². The molecule has 0 atom stereocenters. The van der Waals surface area contributed by atoms with Crippen molar-refractivity contribution in [2.45, 2.75) is 76.0 Å². The second-order valence-electron chi connectivity index (χ2n) is 7.38. The van der Waals surface area contributed by atoms with E-state index in [1.165, 1.54) is 44.6 Å². The van der Waals surface area contributed by atoms with Gasteiger partial charge < -0.3 is 9.84 Å². The Hall–Kier alpha value is -0.414. The fourth-order valence-electron chi connectivity index (χ4n) is 3.36. The van der Waals surface area contributed by atoms with Gasteiger partial charge in [-0.3, -0.25) is 4.55 Å². The molecular formula is C23H31KO5S. The smallest absolute Gasteiger partial charge is 0.872 e. The normalized spacial score (nSPS) is 11.1. The maximum absolute atomic E-state index is 12.0. The van der Waals surface area contributed by atoms with Gasteiger partial charge in [-0.1, -0.05) is 82.6 Å². The summed E-state index contributed by atoms with van der Waals surface area (Å²) in [6, 6.07) is 11.1. The molecule has 0 unspecified atom stereocenters. The summed E-state index contributed by atoms with van der Waals surface area (Å²) in [6.45, 7) is 2.21. The summed E-state index contributed by atoms with van der Waals surface area (Å²) >= 11 is 0. The average Bonchev–Trinajstić information content (AvgIpc) is 2.68. The molecule has 0 radical (unpaired) electrons. The van der Waals surface area contributed by atoms with Gasteiger partial charge in [0.05, 0.1) is 0 Å². The van der Waals surface area contributed by atoms with Crippen LogP contribution in [0.15, 0.2) is 47.4 Å². The molecule has 0 saturated heterocycles. The van der Waals surface area contributed by atoms with Crippen LogP contribution in [0.4, 0.5) is 0 Å². The molecule has 0 spiro atoms. The molecule has 2 aromatic rings. The predicted molar refractivity (Wildman–Crippen MR) is 113 cm³/mol. The third-order valence-corrected chi connectivity index (χ3v) is 5.76. The van der Waals surface area contributed by atoms with Gasteiger partial charge >= 0.3 is 51.4 Å². The van der Waals surface area contributed by atoms with Crippen LogP contribution < -0.4 is 61.2 Å². The third-order valence-electron chi connectivity index (χ3n) is 4.90. The number of benzene rings is 2. The predicted octanol–water partition coefficient (Wildman–Crippen LogP) is 2.88. The van der Waals surface area contributed by atoms with E-state index in [4.69, 9.17) is 4.74 Å². The van der Waals surface area contributed by atoms with E-state index in [0.717, 1.165) is 25.3 Å². The standard InChI is InChI=1S/C23H32O5S.K/c1-2-3-4-5-6-7-8-9-11-14-19-17-20(24)18-22(29(25,26)27)23(19)28-21-15-12-10-13-16-21;/h10,12-13,15-18,24H,2-9,11,14H2,1H3,(H,25,26,27);/q;+1/p-1. The average molecular weight is 459 g/mol. The van der Waals surface area contributed by atoms with Crippen molar-refractivity contribution >= 4 is 10.1 Å². The molecule has 0 aromatic heterocycles. The van der Waals surface area contributed by atoms with Crippen LogP contribution in [0, 0.1) is 0 Å². The summed E-state index contributed by atoms with van der Waals surface area (Å²) in [6.07, 6.45) is 11.0. The zero-order valence-corrected chi connectivity index (χ0v) is 22.0. The number of unbranched alkanes of at least 4 members (excludes halogenated alkanes) is 8. The van der Waals surface area contributed by atoms with Gasteiger partial charge in [0.15, 0.2) is 5.75 Å². The van der Waals surface area contributed by atoms with Crippen LogP contribution >= 0.6 is 0 Å². The molecule has 0 amide bonds. The number of rotatable bonds is 13. The van der Waals surface area contributed by atoms with Crippen LogP contribution in [-0.4, -0.2) is 13.0 Å². The van der Waals surface area contributed by atoms with E-state index in [-0.39, 0.29) is 57.1 Å². The van der Waals surface area contributed by atoms with Gasteiger partial charge in [-0.2, -0.15) is 8.42 Å². The summed E-state index contributed by atoms with van der Waals surface area (Å²) in [7, 11) is -4.57. The molecule has 160 valence electrons. The fraction of sp³-hybridized carbons (Fsp3) is 0.478. The first kappa shape index (κ1) is 27.6.